The average Bonchev–Trinajstić information content (AvgIpc) is 2.88. The third-order valence-corrected chi connectivity index (χ3v) is 8.02. The highest BCUT2D eigenvalue weighted by Crippen LogP contribution is 2.32. The Balaban J connectivity index is 1.51. The predicted octanol–water partition coefficient (Wildman–Crippen LogP) is 3.45. The van der Waals surface area contributed by atoms with Crippen molar-refractivity contribution >= 4 is 16.1 Å². The number of allylic oxidation sites excluding steroid dienone is 2. The molecule has 2 atom stereocenters. The summed E-state index contributed by atoms with van der Waals surface area (Å²) in [5, 5.41) is 0. The summed E-state index contributed by atoms with van der Waals surface area (Å²) >= 11 is 0. The van der Waals surface area contributed by atoms with Gasteiger partial charge in [0.05, 0.1) is 19.7 Å². The van der Waals surface area contributed by atoms with E-state index < -0.39 is 21.8 Å². The number of alkyl halides is 1. The number of hydrogen-bond donors (Lipinski definition) is 0. The Bertz CT molecular complexity index is 1200. The van der Waals surface area contributed by atoms with E-state index in [9.17, 15) is 13.2 Å². The minimum Gasteiger partial charge on any atom is -0.370 e. The maximum absolute atomic E-state index is 15.9. The second-order valence-electron chi connectivity index (χ2n) is 8.83. The van der Waals surface area contributed by atoms with E-state index in [1.165, 1.54) is 41.5 Å². The molecule has 2 unspecified atom stereocenters. The molecule has 0 spiro atoms. The maximum atomic E-state index is 15.9. The van der Waals surface area contributed by atoms with Crippen LogP contribution < -0.4 is 0 Å². The Kier molecular flexibility index (Phi) is 7.39. The Labute approximate surface area is 206 Å². The molecular formula is C26H30FN3O4S. The monoisotopic (exact) mass is 499 g/mol. The van der Waals surface area contributed by atoms with E-state index in [0.29, 0.717) is 18.8 Å². The molecule has 2 aliphatic rings. The molecule has 1 aliphatic carbocycles. The summed E-state index contributed by atoms with van der Waals surface area (Å²) in [4.78, 5) is 14.7. The van der Waals surface area contributed by atoms with E-state index in [2.05, 4.69) is 0 Å². The van der Waals surface area contributed by atoms with Crippen molar-refractivity contribution < 1.29 is 22.3 Å². The first-order chi connectivity index (χ1) is 16.7. The number of ether oxygens (including phenoxy) is 1. The van der Waals surface area contributed by atoms with Gasteiger partial charge in [-0.25, -0.2) is 4.39 Å². The molecule has 9 heteroatoms. The fourth-order valence-electron chi connectivity index (χ4n) is 4.17. The number of carbonyl (C=O) groups excluding carboxylic acids is 1. The number of nitrogens with zero attached hydrogens (tertiary/aromatic N) is 3. The molecule has 0 saturated carbocycles. The summed E-state index contributed by atoms with van der Waals surface area (Å²) in [6, 6.07) is 18.7. The Morgan fingerprint density at radius 2 is 1.77 bits per heavy atom. The zero-order chi connectivity index (χ0) is 25.1. The summed E-state index contributed by atoms with van der Waals surface area (Å²) < 4.78 is 50.1. The number of halogens is 1. The molecule has 1 fully saturated rings. The van der Waals surface area contributed by atoms with Crippen molar-refractivity contribution in [2.75, 3.05) is 33.8 Å². The van der Waals surface area contributed by atoms with Gasteiger partial charge in [0.15, 0.2) is 0 Å². The highest BCUT2D eigenvalue weighted by molar-refractivity contribution is 7.86. The first-order valence-electron chi connectivity index (χ1n) is 11.5. The number of hydrogen-bond acceptors (Lipinski definition) is 4. The zero-order valence-corrected chi connectivity index (χ0v) is 20.7. The number of carbonyl (C=O) groups is 1. The predicted molar refractivity (Wildman–Crippen MR) is 132 cm³/mol. The highest BCUT2D eigenvalue weighted by Gasteiger charge is 2.42. The van der Waals surface area contributed by atoms with E-state index in [1.54, 1.807) is 0 Å². The lowest BCUT2D eigenvalue weighted by Crippen LogP contribution is -2.51. The largest absolute Gasteiger partial charge is 0.370 e. The van der Waals surface area contributed by atoms with Gasteiger partial charge in [0.1, 0.15) is 6.10 Å². The quantitative estimate of drug-likeness (QED) is 0.585. The first kappa shape index (κ1) is 25.1. The van der Waals surface area contributed by atoms with Crippen LogP contribution in [-0.2, 0) is 26.3 Å². The molecule has 4 rings (SSSR count). The van der Waals surface area contributed by atoms with Crippen LogP contribution in [0.3, 0.4) is 0 Å². The van der Waals surface area contributed by atoms with Crippen LogP contribution >= 0.6 is 0 Å². The second-order valence-corrected chi connectivity index (χ2v) is 10.9. The fraction of sp³-hybridized carbons (Fsp3) is 0.346. The van der Waals surface area contributed by atoms with Crippen LogP contribution in [0.4, 0.5) is 4.39 Å². The Morgan fingerprint density at radius 1 is 1.11 bits per heavy atom. The van der Waals surface area contributed by atoms with Gasteiger partial charge in [-0.2, -0.15) is 12.7 Å². The molecule has 2 aromatic rings. The van der Waals surface area contributed by atoms with Crippen LogP contribution in [-0.4, -0.2) is 67.3 Å². The van der Waals surface area contributed by atoms with Crippen LogP contribution in [0.2, 0.25) is 0 Å². The molecule has 7 nitrogen and oxygen atoms in total. The molecule has 0 radical (unpaired) electrons. The zero-order valence-electron chi connectivity index (χ0n) is 19.9. The second kappa shape index (κ2) is 10.3. The van der Waals surface area contributed by atoms with Crippen LogP contribution in [0.25, 0.3) is 0 Å². The van der Waals surface area contributed by atoms with Crippen LogP contribution in [0, 0.1) is 0 Å². The van der Waals surface area contributed by atoms with Gasteiger partial charge in [0, 0.05) is 32.8 Å². The molecule has 0 bridgehead atoms. The van der Waals surface area contributed by atoms with Crippen molar-refractivity contribution in [3.8, 4) is 0 Å². The van der Waals surface area contributed by atoms with Gasteiger partial charge in [-0.05, 0) is 23.3 Å². The summed E-state index contributed by atoms with van der Waals surface area (Å²) in [6.07, 6.45) is 3.49. The van der Waals surface area contributed by atoms with Crippen LogP contribution in [0.15, 0.2) is 84.6 Å². The minimum absolute atomic E-state index is 0.0903. The molecule has 1 amide bonds. The van der Waals surface area contributed by atoms with Gasteiger partial charge in [-0.1, -0.05) is 66.7 Å². The minimum atomic E-state index is -3.84. The molecule has 35 heavy (non-hydrogen) atoms. The Morgan fingerprint density at radius 3 is 2.37 bits per heavy atom. The van der Waals surface area contributed by atoms with Gasteiger partial charge >= 0.3 is 10.2 Å². The third kappa shape index (κ3) is 5.47. The standard InChI is InChI=1S/C26H30FN3O4S/c1-28(2)35(32,33)30(19-21-9-5-3-6-10-21)23-13-15-26(27,16-14-23)25(31)29-17-18-34-24(20-29)22-11-7-4-8-12-22/h3-15,24H,16-20H2,1-2H3. The van der Waals surface area contributed by atoms with Gasteiger partial charge in [0.25, 0.3) is 5.91 Å². The number of benzene rings is 2. The number of morpholine rings is 1. The molecule has 1 aliphatic heterocycles. The van der Waals surface area contributed by atoms with Gasteiger partial charge in [-0.15, -0.1) is 0 Å². The highest BCUT2D eigenvalue weighted by atomic mass is 32.2. The lowest BCUT2D eigenvalue weighted by atomic mass is 9.93. The Hall–Kier alpha value is -3.01. The fourth-order valence-corrected chi connectivity index (χ4v) is 5.28. The van der Waals surface area contributed by atoms with Crippen molar-refractivity contribution in [2.24, 2.45) is 0 Å². The topological polar surface area (TPSA) is 70.2 Å². The van der Waals surface area contributed by atoms with Crippen LogP contribution in [0.5, 0.6) is 0 Å². The first-order valence-corrected chi connectivity index (χ1v) is 12.9. The van der Waals surface area contributed by atoms with Crippen LogP contribution in [0.1, 0.15) is 23.7 Å². The summed E-state index contributed by atoms with van der Waals surface area (Å²) in [5.74, 6) is -0.640. The molecule has 1 saturated heterocycles. The van der Waals surface area contributed by atoms with Gasteiger partial charge in [-0.3, -0.25) is 9.10 Å². The summed E-state index contributed by atoms with van der Waals surface area (Å²) in [7, 11) is -0.941. The van der Waals surface area contributed by atoms with Crippen molar-refractivity contribution in [1.29, 1.82) is 0 Å². The van der Waals surface area contributed by atoms with E-state index in [1.807, 2.05) is 60.7 Å². The molecule has 186 valence electrons. The lowest BCUT2D eigenvalue weighted by Gasteiger charge is -2.37. The molecule has 0 N–H and O–H groups in total. The van der Waals surface area contributed by atoms with Crippen molar-refractivity contribution in [1.82, 2.24) is 13.5 Å². The molecule has 0 aromatic heterocycles. The summed E-state index contributed by atoms with van der Waals surface area (Å²) in [5.41, 5.74) is -0.194. The van der Waals surface area contributed by atoms with E-state index in [4.69, 9.17) is 4.74 Å². The van der Waals surface area contributed by atoms with E-state index >= 15 is 4.39 Å². The van der Waals surface area contributed by atoms with Gasteiger partial charge < -0.3 is 9.64 Å². The lowest BCUT2D eigenvalue weighted by molar-refractivity contribution is -0.148. The normalized spacial score (nSPS) is 22.7. The molecule has 1 heterocycles. The average molecular weight is 500 g/mol. The maximum Gasteiger partial charge on any atom is 0.303 e. The van der Waals surface area contributed by atoms with Crippen molar-refractivity contribution in [2.45, 2.75) is 24.7 Å². The SMILES string of the molecule is CN(C)S(=O)(=O)N(Cc1ccccc1)C1=CCC(F)(C(=O)N2CCOC(c3ccccc3)C2)C=C1. The molecule has 2 aromatic carbocycles. The number of amides is 1. The number of rotatable bonds is 7. The molecular weight excluding hydrogens is 469 g/mol. The smallest absolute Gasteiger partial charge is 0.303 e. The third-order valence-electron chi connectivity index (χ3n) is 6.20. The summed E-state index contributed by atoms with van der Waals surface area (Å²) in [6.45, 7) is 0.965. The van der Waals surface area contributed by atoms with Crippen molar-refractivity contribution in [3.05, 3.63) is 95.7 Å². The van der Waals surface area contributed by atoms with E-state index in [-0.39, 0.29) is 25.6 Å². The van der Waals surface area contributed by atoms with E-state index in [0.717, 1.165) is 15.4 Å². The van der Waals surface area contributed by atoms with Gasteiger partial charge in [0.2, 0.25) is 5.67 Å². The van der Waals surface area contributed by atoms with Crippen molar-refractivity contribution in [3.63, 3.8) is 0 Å².